The standard InChI is InChI=1S/C18H19NO2S/c1-16-11-13-18(14-12-16)22(20,21)19-15-7-3-6-10-17-8-4-2-5-9-17/h2-14,19H,15H2,1H3/b7-3+,10-6+. The van der Waals surface area contributed by atoms with E-state index in [1.54, 1.807) is 30.3 Å². The molecule has 0 aromatic heterocycles. The maximum atomic E-state index is 12.0. The highest BCUT2D eigenvalue weighted by atomic mass is 32.2. The van der Waals surface area contributed by atoms with Crippen molar-refractivity contribution in [2.45, 2.75) is 11.8 Å². The monoisotopic (exact) mass is 313 g/mol. The first-order valence-electron chi connectivity index (χ1n) is 7.02. The van der Waals surface area contributed by atoms with Crippen LogP contribution in [0.5, 0.6) is 0 Å². The third-order valence-electron chi connectivity index (χ3n) is 3.06. The molecule has 2 aromatic carbocycles. The molecular weight excluding hydrogens is 294 g/mol. The lowest BCUT2D eigenvalue weighted by atomic mass is 10.2. The molecule has 0 saturated heterocycles. The number of aryl methyl sites for hydroxylation is 1. The van der Waals surface area contributed by atoms with E-state index in [2.05, 4.69) is 4.72 Å². The molecule has 0 unspecified atom stereocenters. The van der Waals surface area contributed by atoms with Crippen LogP contribution < -0.4 is 4.72 Å². The Morgan fingerprint density at radius 3 is 2.32 bits per heavy atom. The van der Waals surface area contributed by atoms with Crippen LogP contribution >= 0.6 is 0 Å². The fourth-order valence-corrected chi connectivity index (χ4v) is 2.81. The molecule has 1 N–H and O–H groups in total. The van der Waals surface area contributed by atoms with Gasteiger partial charge in [0.05, 0.1) is 4.90 Å². The summed E-state index contributed by atoms with van der Waals surface area (Å²) in [5.41, 5.74) is 2.14. The van der Waals surface area contributed by atoms with Gasteiger partial charge in [0.2, 0.25) is 10.0 Å². The Morgan fingerprint density at radius 2 is 1.64 bits per heavy atom. The maximum absolute atomic E-state index is 12.0. The van der Waals surface area contributed by atoms with Gasteiger partial charge in [0.25, 0.3) is 0 Å². The van der Waals surface area contributed by atoms with Crippen LogP contribution in [0.15, 0.2) is 77.7 Å². The summed E-state index contributed by atoms with van der Waals surface area (Å²) in [4.78, 5) is 0.284. The number of benzene rings is 2. The third kappa shape index (κ3) is 4.98. The quantitative estimate of drug-likeness (QED) is 0.829. The third-order valence-corrected chi connectivity index (χ3v) is 4.50. The normalized spacial score (nSPS) is 12.2. The summed E-state index contributed by atoms with van der Waals surface area (Å²) in [5, 5.41) is 0. The second kappa shape index (κ2) is 7.73. The Balaban J connectivity index is 1.86. The Hall–Kier alpha value is -2.17. The van der Waals surface area contributed by atoms with E-state index in [-0.39, 0.29) is 11.4 Å². The summed E-state index contributed by atoms with van der Waals surface area (Å²) >= 11 is 0. The molecule has 0 spiro atoms. The summed E-state index contributed by atoms with van der Waals surface area (Å²) in [6.45, 7) is 2.18. The zero-order chi connectivity index (χ0) is 15.8. The molecular formula is C18H19NO2S. The van der Waals surface area contributed by atoms with Crippen molar-refractivity contribution in [2.75, 3.05) is 6.54 Å². The molecule has 0 aliphatic heterocycles. The molecule has 0 aliphatic rings. The van der Waals surface area contributed by atoms with Gasteiger partial charge in [0, 0.05) is 6.54 Å². The molecule has 114 valence electrons. The second-order valence-electron chi connectivity index (χ2n) is 4.86. The predicted molar refractivity (Wildman–Crippen MR) is 91.0 cm³/mol. The van der Waals surface area contributed by atoms with E-state index in [0.29, 0.717) is 0 Å². The van der Waals surface area contributed by atoms with E-state index in [1.165, 1.54) is 0 Å². The van der Waals surface area contributed by atoms with Crippen LogP contribution in [0.1, 0.15) is 11.1 Å². The first-order chi connectivity index (χ1) is 10.6. The van der Waals surface area contributed by atoms with Crippen molar-refractivity contribution in [3.8, 4) is 0 Å². The molecule has 22 heavy (non-hydrogen) atoms. The van der Waals surface area contributed by atoms with Crippen molar-refractivity contribution >= 4 is 16.1 Å². The van der Waals surface area contributed by atoms with Crippen molar-refractivity contribution in [2.24, 2.45) is 0 Å². The summed E-state index contributed by atoms with van der Waals surface area (Å²) < 4.78 is 26.6. The molecule has 0 aliphatic carbocycles. The van der Waals surface area contributed by atoms with Crippen LogP contribution in [0.3, 0.4) is 0 Å². The van der Waals surface area contributed by atoms with Gasteiger partial charge in [-0.15, -0.1) is 0 Å². The topological polar surface area (TPSA) is 46.2 Å². The minimum atomic E-state index is -3.44. The van der Waals surface area contributed by atoms with Gasteiger partial charge in [-0.25, -0.2) is 13.1 Å². The van der Waals surface area contributed by atoms with Gasteiger partial charge in [-0.2, -0.15) is 0 Å². The summed E-state index contributed by atoms with van der Waals surface area (Å²) in [6.07, 6.45) is 7.44. The zero-order valence-corrected chi connectivity index (χ0v) is 13.3. The molecule has 0 bridgehead atoms. The van der Waals surface area contributed by atoms with Gasteiger partial charge >= 0.3 is 0 Å². The highest BCUT2D eigenvalue weighted by molar-refractivity contribution is 7.89. The first kappa shape index (κ1) is 16.2. The summed E-state index contributed by atoms with van der Waals surface area (Å²) in [7, 11) is -3.44. The van der Waals surface area contributed by atoms with Crippen LogP contribution in [-0.2, 0) is 10.0 Å². The van der Waals surface area contributed by atoms with E-state index < -0.39 is 10.0 Å². The van der Waals surface area contributed by atoms with Crippen LogP contribution in [-0.4, -0.2) is 15.0 Å². The lowest BCUT2D eigenvalue weighted by molar-refractivity contribution is 0.585. The van der Waals surface area contributed by atoms with Crippen LogP contribution in [0.4, 0.5) is 0 Å². The van der Waals surface area contributed by atoms with E-state index in [9.17, 15) is 8.42 Å². The highest BCUT2D eigenvalue weighted by Gasteiger charge is 2.11. The minimum Gasteiger partial charge on any atom is -0.207 e. The predicted octanol–water partition coefficient (Wildman–Crippen LogP) is 3.54. The maximum Gasteiger partial charge on any atom is 0.240 e. The van der Waals surface area contributed by atoms with E-state index >= 15 is 0 Å². The number of sulfonamides is 1. The van der Waals surface area contributed by atoms with Crippen molar-refractivity contribution in [3.63, 3.8) is 0 Å². The Morgan fingerprint density at radius 1 is 0.955 bits per heavy atom. The Bertz CT molecular complexity index is 745. The van der Waals surface area contributed by atoms with Gasteiger partial charge in [-0.1, -0.05) is 72.3 Å². The molecule has 2 rings (SSSR count). The van der Waals surface area contributed by atoms with E-state index in [0.717, 1.165) is 11.1 Å². The van der Waals surface area contributed by atoms with Crippen LogP contribution in [0.25, 0.3) is 6.08 Å². The Kier molecular flexibility index (Phi) is 5.69. The molecule has 0 heterocycles. The van der Waals surface area contributed by atoms with Crippen molar-refractivity contribution in [1.82, 2.24) is 4.72 Å². The average molecular weight is 313 g/mol. The van der Waals surface area contributed by atoms with E-state index in [1.807, 2.05) is 55.5 Å². The van der Waals surface area contributed by atoms with Gasteiger partial charge in [-0.3, -0.25) is 0 Å². The number of rotatable bonds is 6. The summed E-state index contributed by atoms with van der Waals surface area (Å²) in [6, 6.07) is 16.7. The average Bonchev–Trinajstić information content (AvgIpc) is 2.52. The number of allylic oxidation sites excluding steroid dienone is 2. The molecule has 4 heteroatoms. The number of hydrogen-bond acceptors (Lipinski definition) is 2. The van der Waals surface area contributed by atoms with E-state index in [4.69, 9.17) is 0 Å². The SMILES string of the molecule is Cc1ccc(S(=O)(=O)NC/C=C/C=C/c2ccccc2)cc1. The zero-order valence-electron chi connectivity index (χ0n) is 12.4. The molecule has 0 saturated carbocycles. The number of hydrogen-bond donors (Lipinski definition) is 1. The van der Waals surface area contributed by atoms with Crippen molar-refractivity contribution in [1.29, 1.82) is 0 Å². The number of nitrogens with one attached hydrogen (secondary N) is 1. The molecule has 2 aromatic rings. The molecule has 0 radical (unpaired) electrons. The lowest BCUT2D eigenvalue weighted by Crippen LogP contribution is -2.23. The lowest BCUT2D eigenvalue weighted by Gasteiger charge is -2.04. The van der Waals surface area contributed by atoms with Gasteiger partial charge in [0.15, 0.2) is 0 Å². The van der Waals surface area contributed by atoms with Gasteiger partial charge in [-0.05, 0) is 24.6 Å². The fraction of sp³-hybridized carbons (Fsp3) is 0.111. The molecule has 0 fully saturated rings. The first-order valence-corrected chi connectivity index (χ1v) is 8.51. The molecule has 3 nitrogen and oxygen atoms in total. The molecule has 0 atom stereocenters. The van der Waals surface area contributed by atoms with Gasteiger partial charge < -0.3 is 0 Å². The fourth-order valence-electron chi connectivity index (χ4n) is 1.84. The van der Waals surface area contributed by atoms with Crippen molar-refractivity contribution < 1.29 is 8.42 Å². The van der Waals surface area contributed by atoms with Crippen LogP contribution in [0, 0.1) is 6.92 Å². The van der Waals surface area contributed by atoms with Crippen LogP contribution in [0.2, 0.25) is 0 Å². The van der Waals surface area contributed by atoms with Crippen molar-refractivity contribution in [3.05, 3.63) is 84.0 Å². The molecule has 0 amide bonds. The minimum absolute atomic E-state index is 0.259. The van der Waals surface area contributed by atoms with Gasteiger partial charge in [0.1, 0.15) is 0 Å². The largest absolute Gasteiger partial charge is 0.240 e. The summed E-state index contributed by atoms with van der Waals surface area (Å²) in [5.74, 6) is 0. The second-order valence-corrected chi connectivity index (χ2v) is 6.63. The Labute approximate surface area is 132 Å². The highest BCUT2D eigenvalue weighted by Crippen LogP contribution is 2.09. The smallest absolute Gasteiger partial charge is 0.207 e.